The summed E-state index contributed by atoms with van der Waals surface area (Å²) < 4.78 is 66.4. The van der Waals surface area contributed by atoms with Gasteiger partial charge in [0.2, 0.25) is 5.91 Å². The molecule has 0 fully saturated rings. The van der Waals surface area contributed by atoms with E-state index in [0.29, 0.717) is 6.07 Å². The van der Waals surface area contributed by atoms with E-state index < -0.39 is 44.2 Å². The van der Waals surface area contributed by atoms with Crippen molar-refractivity contribution in [3.8, 4) is 0 Å². The highest BCUT2D eigenvalue weighted by Gasteiger charge is 2.35. The molecule has 0 aliphatic rings. The van der Waals surface area contributed by atoms with Crippen LogP contribution in [-0.4, -0.2) is 25.4 Å². The first-order chi connectivity index (χ1) is 12.4. The Balaban J connectivity index is 2.47. The fourth-order valence-corrected chi connectivity index (χ4v) is 3.27. The molecule has 0 aromatic heterocycles. The van der Waals surface area contributed by atoms with Crippen LogP contribution in [0.15, 0.2) is 47.4 Å². The number of hydrogen-bond donors (Lipinski definition) is 3. The Morgan fingerprint density at radius 2 is 1.74 bits per heavy atom. The van der Waals surface area contributed by atoms with Crippen LogP contribution in [0.4, 0.5) is 24.5 Å². The van der Waals surface area contributed by atoms with Crippen LogP contribution in [0, 0.1) is 0 Å². The summed E-state index contributed by atoms with van der Waals surface area (Å²) >= 11 is 0. The van der Waals surface area contributed by atoms with Gasteiger partial charge in [0, 0.05) is 12.6 Å². The van der Waals surface area contributed by atoms with Crippen molar-refractivity contribution < 1.29 is 36.3 Å². The molecule has 0 spiro atoms. The number of alkyl halides is 3. The van der Waals surface area contributed by atoms with E-state index in [-0.39, 0.29) is 11.3 Å². The quantitative estimate of drug-likeness (QED) is 0.711. The lowest BCUT2D eigenvalue weighted by molar-refractivity contribution is -0.136. The number of halogens is 3. The number of nitrogens with one attached hydrogen (secondary N) is 2. The van der Waals surface area contributed by atoms with Crippen LogP contribution in [0.2, 0.25) is 0 Å². The molecule has 2 rings (SSSR count). The SMILES string of the molecule is CC(=O)Nc1ccc(NS(=O)(=O)c2cccc(C(=O)O)c2)c(C(F)(F)F)c1. The van der Waals surface area contributed by atoms with Gasteiger partial charge in [-0.15, -0.1) is 0 Å². The molecule has 27 heavy (non-hydrogen) atoms. The smallest absolute Gasteiger partial charge is 0.418 e. The van der Waals surface area contributed by atoms with E-state index in [2.05, 4.69) is 5.32 Å². The molecule has 1 amide bonds. The normalized spacial score (nSPS) is 11.7. The standard InChI is InChI=1S/C16H13F3N2O5S/c1-9(22)20-11-5-6-14(13(8-11)16(17,18)19)21-27(25,26)12-4-2-3-10(7-12)15(23)24/h2-8,21H,1H3,(H,20,22)(H,23,24). The summed E-state index contributed by atoms with van der Waals surface area (Å²) in [4.78, 5) is 21.4. The van der Waals surface area contributed by atoms with Crippen molar-refractivity contribution in [3.05, 3.63) is 53.6 Å². The number of anilines is 2. The van der Waals surface area contributed by atoms with Crippen LogP contribution in [-0.2, 0) is 21.0 Å². The molecule has 0 bridgehead atoms. The molecule has 2 aromatic carbocycles. The second kappa shape index (κ2) is 7.27. The van der Waals surface area contributed by atoms with Gasteiger partial charge in [0.1, 0.15) is 0 Å². The van der Waals surface area contributed by atoms with E-state index in [1.165, 1.54) is 0 Å². The highest BCUT2D eigenvalue weighted by molar-refractivity contribution is 7.92. The van der Waals surface area contributed by atoms with Gasteiger partial charge in [0.25, 0.3) is 10.0 Å². The summed E-state index contributed by atoms with van der Waals surface area (Å²) in [5.41, 5.74) is -2.58. The molecule has 0 aliphatic carbocycles. The van der Waals surface area contributed by atoms with Crippen LogP contribution >= 0.6 is 0 Å². The number of amides is 1. The number of sulfonamides is 1. The molecule has 0 unspecified atom stereocenters. The van der Waals surface area contributed by atoms with Gasteiger partial charge in [-0.1, -0.05) is 6.07 Å². The van der Waals surface area contributed by atoms with Gasteiger partial charge < -0.3 is 10.4 Å². The maximum atomic E-state index is 13.3. The minimum Gasteiger partial charge on any atom is -0.478 e. The molecule has 3 N–H and O–H groups in total. The molecule has 0 heterocycles. The molecule has 0 aliphatic heterocycles. The highest BCUT2D eigenvalue weighted by atomic mass is 32.2. The van der Waals surface area contributed by atoms with E-state index in [4.69, 9.17) is 5.11 Å². The van der Waals surface area contributed by atoms with Crippen LogP contribution in [0.3, 0.4) is 0 Å². The second-order valence-electron chi connectivity index (χ2n) is 5.38. The van der Waals surface area contributed by atoms with Crippen molar-refractivity contribution in [2.24, 2.45) is 0 Å². The second-order valence-corrected chi connectivity index (χ2v) is 7.06. The van der Waals surface area contributed by atoms with Crippen LogP contribution < -0.4 is 10.0 Å². The van der Waals surface area contributed by atoms with Gasteiger partial charge in [0.15, 0.2) is 0 Å². The van der Waals surface area contributed by atoms with E-state index in [1.807, 2.05) is 0 Å². The number of carbonyl (C=O) groups is 2. The Kier molecular flexibility index (Phi) is 5.45. The van der Waals surface area contributed by atoms with Crippen molar-refractivity contribution in [2.75, 3.05) is 10.0 Å². The predicted octanol–water partition coefficient (Wildman–Crippen LogP) is 3.16. The lowest BCUT2D eigenvalue weighted by atomic mass is 10.1. The first kappa shape index (κ1) is 20.2. The predicted molar refractivity (Wildman–Crippen MR) is 90.0 cm³/mol. The lowest BCUT2D eigenvalue weighted by Crippen LogP contribution is -2.18. The first-order valence-corrected chi connectivity index (χ1v) is 8.73. The van der Waals surface area contributed by atoms with Crippen molar-refractivity contribution in [1.29, 1.82) is 0 Å². The Labute approximate surface area is 151 Å². The fraction of sp³-hybridized carbons (Fsp3) is 0.125. The maximum Gasteiger partial charge on any atom is 0.418 e. The molecule has 144 valence electrons. The largest absolute Gasteiger partial charge is 0.478 e. The van der Waals surface area contributed by atoms with Crippen LogP contribution in [0.25, 0.3) is 0 Å². The van der Waals surface area contributed by atoms with E-state index in [9.17, 15) is 31.2 Å². The number of benzene rings is 2. The average molecular weight is 402 g/mol. The van der Waals surface area contributed by atoms with Crippen LogP contribution in [0.5, 0.6) is 0 Å². The summed E-state index contributed by atoms with van der Waals surface area (Å²) in [7, 11) is -4.49. The summed E-state index contributed by atoms with van der Waals surface area (Å²) in [5, 5.41) is 11.1. The van der Waals surface area contributed by atoms with Crippen molar-refractivity contribution in [3.63, 3.8) is 0 Å². The maximum absolute atomic E-state index is 13.3. The van der Waals surface area contributed by atoms with Gasteiger partial charge in [-0.25, -0.2) is 13.2 Å². The molecular formula is C16H13F3N2O5S. The molecule has 2 aromatic rings. The van der Waals surface area contributed by atoms with Crippen molar-refractivity contribution >= 4 is 33.3 Å². The zero-order chi connectivity index (χ0) is 20.4. The molecular weight excluding hydrogens is 389 g/mol. The van der Waals surface area contributed by atoms with E-state index >= 15 is 0 Å². The van der Waals surface area contributed by atoms with Crippen LogP contribution in [0.1, 0.15) is 22.8 Å². The molecule has 0 radical (unpaired) electrons. The minimum atomic E-state index is -4.91. The number of aromatic carboxylic acids is 1. The summed E-state index contributed by atoms with van der Waals surface area (Å²) in [6.45, 7) is 1.11. The summed E-state index contributed by atoms with van der Waals surface area (Å²) in [6, 6.07) is 6.71. The third-order valence-corrected chi connectivity index (χ3v) is 4.64. The number of hydrogen-bond acceptors (Lipinski definition) is 4. The number of carboxylic acid groups (broad SMARTS) is 1. The zero-order valence-corrected chi connectivity index (χ0v) is 14.5. The third-order valence-electron chi connectivity index (χ3n) is 3.28. The molecule has 0 atom stereocenters. The molecule has 11 heteroatoms. The average Bonchev–Trinajstić information content (AvgIpc) is 2.54. The van der Waals surface area contributed by atoms with Gasteiger partial charge in [-0.3, -0.25) is 9.52 Å². The van der Waals surface area contributed by atoms with E-state index in [1.54, 1.807) is 4.72 Å². The molecule has 0 saturated carbocycles. The zero-order valence-electron chi connectivity index (χ0n) is 13.7. The number of rotatable bonds is 5. The van der Waals surface area contributed by atoms with Crippen molar-refractivity contribution in [1.82, 2.24) is 0 Å². The third kappa shape index (κ3) is 4.97. The summed E-state index contributed by atoms with van der Waals surface area (Å²) in [6.07, 6.45) is -4.91. The first-order valence-electron chi connectivity index (χ1n) is 7.25. The Hall–Kier alpha value is -3.08. The minimum absolute atomic E-state index is 0.161. The fourth-order valence-electron chi connectivity index (χ4n) is 2.15. The van der Waals surface area contributed by atoms with Crippen molar-refractivity contribution in [2.45, 2.75) is 18.0 Å². The number of carbonyl (C=O) groups excluding carboxylic acids is 1. The monoisotopic (exact) mass is 402 g/mol. The van der Waals surface area contributed by atoms with Gasteiger partial charge in [-0.2, -0.15) is 13.2 Å². The lowest BCUT2D eigenvalue weighted by Gasteiger charge is -2.16. The Morgan fingerprint density at radius 1 is 1.07 bits per heavy atom. The number of carboxylic acids is 1. The van der Waals surface area contributed by atoms with Gasteiger partial charge in [0.05, 0.1) is 21.7 Å². The summed E-state index contributed by atoms with van der Waals surface area (Å²) in [5.74, 6) is -1.98. The Bertz CT molecular complexity index is 1000. The van der Waals surface area contributed by atoms with Gasteiger partial charge >= 0.3 is 12.1 Å². The van der Waals surface area contributed by atoms with E-state index in [0.717, 1.165) is 43.3 Å². The topological polar surface area (TPSA) is 113 Å². The molecule has 7 nitrogen and oxygen atoms in total. The van der Waals surface area contributed by atoms with Gasteiger partial charge in [-0.05, 0) is 36.4 Å². The highest BCUT2D eigenvalue weighted by Crippen LogP contribution is 2.37. The molecule has 0 saturated heterocycles. The Morgan fingerprint density at radius 3 is 2.30 bits per heavy atom.